The number of phenols is 1. The van der Waals surface area contributed by atoms with E-state index in [-0.39, 0.29) is 44.5 Å². The highest BCUT2D eigenvalue weighted by Gasteiger charge is 2.45. The largest absolute Gasteiger partial charge is 0.507 e. The number of ether oxygens (including phenoxy) is 1. The van der Waals surface area contributed by atoms with Crippen molar-refractivity contribution in [2.75, 3.05) is 18.2 Å². The Balaban J connectivity index is 1.70. The van der Waals surface area contributed by atoms with E-state index in [9.17, 15) is 48.8 Å². The number of rotatable bonds is 9. The van der Waals surface area contributed by atoms with Crippen LogP contribution in [0.5, 0.6) is 11.5 Å². The molecule has 7 N–H and O–H groups in total. The molecule has 0 fully saturated rings. The number of benzene rings is 5. The van der Waals surface area contributed by atoms with E-state index in [2.05, 4.69) is 20.5 Å². The Morgan fingerprint density at radius 3 is 2.23 bits per heavy atom. The smallest absolute Gasteiger partial charge is 0.297 e. The molecule has 0 saturated carbocycles. The number of nitrogens with zero attached hydrogens (tertiary/aromatic N) is 3. The number of hydrogen-bond donors (Lipinski definition) is 6. The Morgan fingerprint density at radius 2 is 1.58 bits per heavy atom. The van der Waals surface area contributed by atoms with E-state index in [1.165, 1.54) is 50.4 Å². The van der Waals surface area contributed by atoms with E-state index < -0.39 is 73.5 Å². The molecule has 1 unspecified atom stereocenters. The van der Waals surface area contributed by atoms with Gasteiger partial charge in [0.1, 0.15) is 38.2 Å². The summed E-state index contributed by atoms with van der Waals surface area (Å²) in [6.45, 7) is 1.23. The standard InChI is InChI=1S/C33H27N5O12S3/c1-17(39)36-20-8-10-27(50-2)24(13-20)33(30-28(52(44,45)46)12-19-11-22(51(41,42)43)14-25(34)29(19)31(30)40)15-21(16-35-33)37-38-26-9-7-18-5-3-4-6-23(18)32(26)53(47,48)49/h3-16,40H,34H2,1-2H3,(H,36,39)(H,41,42,43)(H,44,45,46)(H,47,48,49). The van der Waals surface area contributed by atoms with E-state index in [1.54, 1.807) is 24.3 Å². The number of nitrogens with one attached hydrogen (secondary N) is 1. The molecule has 17 nitrogen and oxygen atoms in total. The van der Waals surface area contributed by atoms with Crippen molar-refractivity contribution in [3.8, 4) is 11.5 Å². The molecule has 0 aromatic heterocycles. The van der Waals surface area contributed by atoms with Crippen LogP contribution in [0.15, 0.2) is 114 Å². The lowest BCUT2D eigenvalue weighted by Gasteiger charge is -2.30. The summed E-state index contributed by atoms with van der Waals surface area (Å²) >= 11 is 0. The number of allylic oxidation sites excluding steroid dienone is 1. The van der Waals surface area contributed by atoms with Gasteiger partial charge in [-0.1, -0.05) is 30.3 Å². The number of carbonyl (C=O) groups is 1. The van der Waals surface area contributed by atoms with Gasteiger partial charge >= 0.3 is 0 Å². The Morgan fingerprint density at radius 1 is 0.868 bits per heavy atom. The summed E-state index contributed by atoms with van der Waals surface area (Å²) in [4.78, 5) is 14.3. The number of nitrogens with two attached hydrogens (primary N) is 1. The lowest BCUT2D eigenvalue weighted by molar-refractivity contribution is -0.114. The van der Waals surface area contributed by atoms with E-state index in [0.717, 1.165) is 24.4 Å². The van der Waals surface area contributed by atoms with E-state index in [4.69, 9.17) is 10.5 Å². The number of hydrogen-bond acceptors (Lipinski definition) is 13. The van der Waals surface area contributed by atoms with E-state index >= 15 is 0 Å². The molecule has 20 heteroatoms. The second kappa shape index (κ2) is 13.0. The topological polar surface area (TPSA) is 285 Å². The van der Waals surface area contributed by atoms with Gasteiger partial charge in [-0.3, -0.25) is 23.4 Å². The summed E-state index contributed by atoms with van der Waals surface area (Å²) in [6, 6.07) is 15.8. The first-order valence-corrected chi connectivity index (χ1v) is 19.3. The molecule has 5 aromatic rings. The molecule has 1 aliphatic heterocycles. The molecule has 0 radical (unpaired) electrons. The van der Waals surface area contributed by atoms with Crippen LogP contribution in [0.4, 0.5) is 17.1 Å². The number of azo groups is 1. The third kappa shape index (κ3) is 6.81. The van der Waals surface area contributed by atoms with Crippen LogP contribution in [0.1, 0.15) is 18.1 Å². The number of carbonyl (C=O) groups excluding carboxylic acids is 1. The number of fused-ring (bicyclic) bond motifs is 2. The zero-order valence-electron chi connectivity index (χ0n) is 27.3. The van der Waals surface area contributed by atoms with Crippen LogP contribution in [0.2, 0.25) is 0 Å². The second-order valence-corrected chi connectivity index (χ2v) is 15.8. The molecule has 6 rings (SSSR count). The third-order valence-corrected chi connectivity index (χ3v) is 10.9. The summed E-state index contributed by atoms with van der Waals surface area (Å²) in [7, 11) is -13.8. The fourth-order valence-electron chi connectivity index (χ4n) is 6.13. The van der Waals surface area contributed by atoms with Gasteiger partial charge in [-0.25, -0.2) is 0 Å². The first-order chi connectivity index (χ1) is 24.7. The van der Waals surface area contributed by atoms with Crippen molar-refractivity contribution in [1.29, 1.82) is 0 Å². The molecule has 0 aliphatic carbocycles. The maximum atomic E-state index is 13.1. The fourth-order valence-corrected chi connectivity index (χ4v) is 8.31. The summed E-state index contributed by atoms with van der Waals surface area (Å²) in [5.41, 5.74) is 2.54. The van der Waals surface area contributed by atoms with Crippen LogP contribution in [0, 0.1) is 0 Å². The zero-order chi connectivity index (χ0) is 38.7. The molecule has 53 heavy (non-hydrogen) atoms. The average Bonchev–Trinajstić information content (AvgIpc) is 3.49. The quantitative estimate of drug-likeness (QED) is 0.0654. The SMILES string of the molecule is COc1ccc(NC(C)=O)cc1C1(c2c(S(=O)(=O)O)cc3cc(S(=O)(=O)O)cc(N)c3c2O)C=C(N=Nc2ccc3ccccc3c2S(=O)(=O)O)C=N1. The van der Waals surface area contributed by atoms with Crippen molar-refractivity contribution < 1.29 is 53.5 Å². The van der Waals surface area contributed by atoms with Gasteiger partial charge in [-0.2, -0.15) is 25.3 Å². The van der Waals surface area contributed by atoms with Crippen molar-refractivity contribution in [3.05, 3.63) is 95.7 Å². The Labute approximate surface area is 301 Å². The molecule has 1 amide bonds. The van der Waals surface area contributed by atoms with E-state index in [0.29, 0.717) is 5.39 Å². The Kier molecular flexibility index (Phi) is 9.09. The molecular formula is C33H27N5O12S3. The highest BCUT2D eigenvalue weighted by atomic mass is 32.2. The summed E-state index contributed by atoms with van der Waals surface area (Å²) in [5, 5.41) is 22.7. The molecule has 0 saturated heterocycles. The van der Waals surface area contributed by atoms with Gasteiger partial charge in [0.05, 0.1) is 23.8 Å². The van der Waals surface area contributed by atoms with Gasteiger partial charge in [0.25, 0.3) is 30.4 Å². The normalized spacial score (nSPS) is 16.4. The lowest BCUT2D eigenvalue weighted by atomic mass is 9.81. The second-order valence-electron chi connectivity index (χ2n) is 11.7. The number of aliphatic imine (C=N–C) groups is 1. The molecule has 1 atom stereocenters. The number of methoxy groups -OCH3 is 1. The molecule has 0 bridgehead atoms. The predicted molar refractivity (Wildman–Crippen MR) is 193 cm³/mol. The number of anilines is 2. The van der Waals surface area contributed by atoms with E-state index in [1.807, 2.05) is 0 Å². The van der Waals surface area contributed by atoms with Gasteiger partial charge in [-0.15, -0.1) is 10.2 Å². The van der Waals surface area contributed by atoms with Gasteiger partial charge in [0.2, 0.25) is 5.91 Å². The first-order valence-electron chi connectivity index (χ1n) is 14.9. The third-order valence-electron chi connectivity index (χ3n) is 8.21. The minimum Gasteiger partial charge on any atom is -0.507 e. The number of amides is 1. The highest BCUT2D eigenvalue weighted by Crippen LogP contribution is 2.52. The van der Waals surface area contributed by atoms with Crippen molar-refractivity contribution in [1.82, 2.24) is 0 Å². The number of nitrogen functional groups attached to an aromatic ring is 1. The van der Waals surface area contributed by atoms with Gasteiger partial charge < -0.3 is 20.9 Å². The van der Waals surface area contributed by atoms with Gasteiger partial charge in [0, 0.05) is 34.6 Å². The fraction of sp³-hybridized carbons (Fsp3) is 0.0909. The maximum Gasteiger partial charge on any atom is 0.297 e. The molecular weight excluding hydrogens is 755 g/mol. The van der Waals surface area contributed by atoms with Crippen molar-refractivity contribution in [2.24, 2.45) is 15.2 Å². The minimum absolute atomic E-state index is 0.0179. The monoisotopic (exact) mass is 781 g/mol. The first kappa shape index (κ1) is 37.0. The summed E-state index contributed by atoms with van der Waals surface area (Å²) < 4.78 is 111. The van der Waals surface area contributed by atoms with Gasteiger partial charge in [-0.05, 0) is 59.3 Å². The Hall–Kier alpha value is -5.77. The number of phenolic OH excluding ortho intramolecular Hbond substituents is 1. The van der Waals surface area contributed by atoms with Crippen LogP contribution in [-0.4, -0.2) is 63.2 Å². The predicted octanol–water partition coefficient (Wildman–Crippen LogP) is 4.98. The van der Waals surface area contributed by atoms with Crippen molar-refractivity contribution in [2.45, 2.75) is 27.1 Å². The zero-order valence-corrected chi connectivity index (χ0v) is 29.7. The van der Waals surface area contributed by atoms with Crippen LogP contribution in [0.3, 0.4) is 0 Å². The highest BCUT2D eigenvalue weighted by molar-refractivity contribution is 7.86. The van der Waals surface area contributed by atoms with Crippen LogP contribution in [0.25, 0.3) is 21.5 Å². The molecule has 1 aliphatic rings. The summed E-state index contributed by atoms with van der Waals surface area (Å²) in [5.74, 6) is -1.38. The summed E-state index contributed by atoms with van der Waals surface area (Å²) in [6.07, 6.45) is 2.28. The average molecular weight is 782 g/mol. The van der Waals surface area contributed by atoms with Crippen molar-refractivity contribution >= 4 is 81.1 Å². The minimum atomic E-state index is -5.33. The molecule has 274 valence electrons. The lowest BCUT2D eigenvalue weighted by Crippen LogP contribution is -2.26. The van der Waals surface area contributed by atoms with Crippen LogP contribution >= 0.6 is 0 Å². The Bertz CT molecular complexity index is 2840. The van der Waals surface area contributed by atoms with Crippen LogP contribution in [-0.2, 0) is 40.7 Å². The molecule has 5 aromatic carbocycles. The number of aromatic hydroxyl groups is 1. The van der Waals surface area contributed by atoms with Gasteiger partial charge in [0.15, 0.2) is 0 Å². The van der Waals surface area contributed by atoms with Crippen molar-refractivity contribution in [3.63, 3.8) is 0 Å². The maximum absolute atomic E-state index is 13.1. The molecule has 1 heterocycles. The molecule has 0 spiro atoms. The van der Waals surface area contributed by atoms with Crippen LogP contribution < -0.4 is 15.8 Å².